The van der Waals surface area contributed by atoms with Crippen LogP contribution in [0.25, 0.3) is 5.57 Å². The van der Waals surface area contributed by atoms with E-state index in [4.69, 9.17) is 23.7 Å². The van der Waals surface area contributed by atoms with E-state index in [1.54, 1.807) is 19.1 Å². The van der Waals surface area contributed by atoms with E-state index in [0.717, 1.165) is 4.88 Å². The van der Waals surface area contributed by atoms with Gasteiger partial charge in [0, 0.05) is 15.3 Å². The van der Waals surface area contributed by atoms with E-state index in [-0.39, 0.29) is 38.0 Å². The Labute approximate surface area is 212 Å². The summed E-state index contributed by atoms with van der Waals surface area (Å²) in [6.07, 6.45) is 2.13. The molecule has 0 aromatic carbocycles. The van der Waals surface area contributed by atoms with Gasteiger partial charge >= 0.3 is 18.3 Å². The predicted octanol–water partition coefficient (Wildman–Crippen LogP) is 3.99. The van der Waals surface area contributed by atoms with Crippen LogP contribution in [0.3, 0.4) is 0 Å². The molecule has 36 heavy (non-hydrogen) atoms. The van der Waals surface area contributed by atoms with Crippen LogP contribution in [-0.2, 0) is 39.9 Å². The Morgan fingerprint density at radius 2 is 1.67 bits per heavy atom. The third-order valence-electron chi connectivity index (χ3n) is 5.45. The van der Waals surface area contributed by atoms with Gasteiger partial charge in [0.25, 0.3) is 0 Å². The highest BCUT2D eigenvalue weighted by Crippen LogP contribution is 2.48. The molecule has 0 unspecified atom stereocenters. The van der Waals surface area contributed by atoms with Gasteiger partial charge in [-0.1, -0.05) is 38.0 Å². The molecule has 10 nitrogen and oxygen atoms in total. The molecule has 3 atom stereocenters. The summed E-state index contributed by atoms with van der Waals surface area (Å²) in [4.78, 5) is 52.2. The lowest BCUT2D eigenvalue weighted by molar-refractivity contribution is -0.162. The maximum atomic E-state index is 13.1. The second-order valence-electron chi connectivity index (χ2n) is 7.80. The van der Waals surface area contributed by atoms with Gasteiger partial charge in [0.2, 0.25) is 5.91 Å². The van der Waals surface area contributed by atoms with Crippen molar-refractivity contribution in [3.05, 3.63) is 65.5 Å². The molecule has 0 bridgehead atoms. The SMILES string of the molecule is C=CCOC(=O)OCc1ccc(C2=C(C(=O)OCC=C)N3C(=O)[C@H]([C@@H](C)OC(=O)OCC=C)[C@H]3C2)s1. The van der Waals surface area contributed by atoms with Gasteiger partial charge in [-0.15, -0.1) is 11.3 Å². The van der Waals surface area contributed by atoms with E-state index in [0.29, 0.717) is 16.9 Å². The number of hydrogen-bond acceptors (Lipinski definition) is 10. The van der Waals surface area contributed by atoms with Crippen LogP contribution in [0.2, 0.25) is 0 Å². The van der Waals surface area contributed by atoms with Gasteiger partial charge in [-0.2, -0.15) is 0 Å². The van der Waals surface area contributed by atoms with Crippen LogP contribution in [0, 0.1) is 5.92 Å². The molecule has 0 spiro atoms. The third kappa shape index (κ3) is 5.85. The number of hydrogen-bond donors (Lipinski definition) is 0. The molecule has 192 valence electrons. The number of thiophene rings is 1. The Hall–Kier alpha value is -3.86. The minimum absolute atomic E-state index is 0.0128. The van der Waals surface area contributed by atoms with Crippen molar-refractivity contribution >= 4 is 41.1 Å². The molecular weight excluding hydrogens is 490 g/mol. The Morgan fingerprint density at radius 1 is 1.03 bits per heavy atom. The lowest BCUT2D eigenvalue weighted by Crippen LogP contribution is -2.62. The van der Waals surface area contributed by atoms with Gasteiger partial charge in [-0.25, -0.2) is 14.4 Å². The zero-order chi connectivity index (χ0) is 26.2. The van der Waals surface area contributed by atoms with Crippen molar-refractivity contribution in [3.8, 4) is 0 Å². The lowest BCUT2D eigenvalue weighted by atomic mass is 9.83. The molecular formula is C25H27NO9S. The summed E-state index contributed by atoms with van der Waals surface area (Å²) >= 11 is 1.31. The number of nitrogens with zero attached hydrogens (tertiary/aromatic N) is 1. The average molecular weight is 518 g/mol. The molecule has 2 aliphatic heterocycles. The van der Waals surface area contributed by atoms with E-state index in [1.165, 1.54) is 34.5 Å². The normalized spacial score (nSPS) is 18.9. The summed E-state index contributed by atoms with van der Waals surface area (Å²) < 4.78 is 25.2. The first-order chi connectivity index (χ1) is 17.3. The first-order valence-electron chi connectivity index (χ1n) is 11.1. The Balaban J connectivity index is 1.77. The number of rotatable bonds is 12. The molecule has 1 fully saturated rings. The number of carbonyl (C=O) groups is 4. The fraction of sp³-hybridized carbons (Fsp3) is 0.360. The molecule has 0 radical (unpaired) electrons. The monoisotopic (exact) mass is 517 g/mol. The van der Waals surface area contributed by atoms with Gasteiger partial charge in [0.1, 0.15) is 38.2 Å². The maximum absolute atomic E-state index is 13.1. The smallest absolute Gasteiger partial charge is 0.457 e. The number of fused-ring (bicyclic) bond motifs is 1. The second-order valence-corrected chi connectivity index (χ2v) is 8.97. The zero-order valence-corrected chi connectivity index (χ0v) is 20.6. The summed E-state index contributed by atoms with van der Waals surface area (Å²) in [5, 5.41) is 0. The Kier molecular flexibility index (Phi) is 9.07. The second kappa shape index (κ2) is 12.2. The van der Waals surface area contributed by atoms with E-state index in [9.17, 15) is 19.2 Å². The summed E-state index contributed by atoms with van der Waals surface area (Å²) in [5.74, 6) is -1.66. The van der Waals surface area contributed by atoms with Crippen LogP contribution in [0.15, 0.2) is 55.8 Å². The topological polar surface area (TPSA) is 118 Å². The van der Waals surface area contributed by atoms with Crippen LogP contribution in [-0.4, -0.2) is 61.1 Å². The molecule has 11 heteroatoms. The minimum atomic E-state index is -0.903. The predicted molar refractivity (Wildman–Crippen MR) is 130 cm³/mol. The zero-order valence-electron chi connectivity index (χ0n) is 19.8. The molecule has 1 saturated heterocycles. The highest BCUT2D eigenvalue weighted by Gasteiger charge is 2.58. The molecule has 0 aliphatic carbocycles. The molecule has 0 saturated carbocycles. The molecule has 2 aliphatic rings. The molecule has 1 aromatic rings. The van der Waals surface area contributed by atoms with Crippen LogP contribution in [0.4, 0.5) is 9.59 Å². The van der Waals surface area contributed by atoms with Gasteiger partial charge in [-0.3, -0.25) is 4.79 Å². The Morgan fingerprint density at radius 3 is 2.33 bits per heavy atom. The van der Waals surface area contributed by atoms with Crippen molar-refractivity contribution in [3.63, 3.8) is 0 Å². The van der Waals surface area contributed by atoms with Crippen LogP contribution in [0.5, 0.6) is 0 Å². The third-order valence-corrected chi connectivity index (χ3v) is 6.57. The van der Waals surface area contributed by atoms with Crippen LogP contribution < -0.4 is 0 Å². The van der Waals surface area contributed by atoms with E-state index in [2.05, 4.69) is 19.7 Å². The van der Waals surface area contributed by atoms with Crippen LogP contribution in [0.1, 0.15) is 23.1 Å². The summed E-state index contributed by atoms with van der Waals surface area (Å²) in [6.45, 7) is 12.1. The standard InChI is InChI=1S/C25H27NO9S/c1-5-10-31-23(28)21-17(19-9-8-16(36-19)14-34-24(29)32-11-6-2)13-18-20(22(27)26(18)21)15(4)35-25(30)33-12-7-3/h5-9,15,18,20H,1-3,10-14H2,4H3/t15-,18-,20-/m1/s1. The largest absolute Gasteiger partial charge is 0.508 e. The first kappa shape index (κ1) is 26.7. The summed E-state index contributed by atoms with van der Waals surface area (Å²) in [7, 11) is 0. The van der Waals surface area contributed by atoms with Crippen molar-refractivity contribution < 1.29 is 42.9 Å². The van der Waals surface area contributed by atoms with E-state index in [1.807, 2.05) is 0 Å². The van der Waals surface area contributed by atoms with E-state index >= 15 is 0 Å². The fourth-order valence-corrected chi connectivity index (χ4v) is 4.95. The fourth-order valence-electron chi connectivity index (χ4n) is 3.97. The quantitative estimate of drug-likeness (QED) is 0.176. The lowest BCUT2D eigenvalue weighted by Gasteiger charge is -2.45. The summed E-state index contributed by atoms with van der Waals surface area (Å²) in [5.41, 5.74) is 0.765. The average Bonchev–Trinajstić information content (AvgIpc) is 3.46. The van der Waals surface area contributed by atoms with Crippen LogP contribution >= 0.6 is 11.3 Å². The van der Waals surface area contributed by atoms with Gasteiger partial charge in [0.15, 0.2) is 0 Å². The molecule has 1 amide bonds. The number of amides is 1. The van der Waals surface area contributed by atoms with Crippen molar-refractivity contribution in [1.82, 2.24) is 4.90 Å². The first-order valence-corrected chi connectivity index (χ1v) is 11.9. The van der Waals surface area contributed by atoms with Gasteiger partial charge < -0.3 is 28.6 Å². The highest BCUT2D eigenvalue weighted by atomic mass is 32.1. The molecule has 1 aromatic heterocycles. The van der Waals surface area contributed by atoms with Crippen molar-refractivity contribution in [2.24, 2.45) is 5.92 Å². The van der Waals surface area contributed by atoms with Crippen molar-refractivity contribution in [2.75, 3.05) is 19.8 Å². The Bertz CT molecular complexity index is 1090. The van der Waals surface area contributed by atoms with Gasteiger partial charge in [0.05, 0.1) is 12.0 Å². The molecule has 3 heterocycles. The minimum Gasteiger partial charge on any atom is -0.457 e. The number of ether oxygens (including phenoxy) is 5. The number of β-lactam (4-membered cyclic amide) rings is 1. The maximum Gasteiger partial charge on any atom is 0.508 e. The summed E-state index contributed by atoms with van der Waals surface area (Å²) in [6, 6.07) is 3.15. The molecule has 0 N–H and O–H groups in total. The molecule has 3 rings (SSSR count). The number of carbonyl (C=O) groups excluding carboxylic acids is 4. The van der Waals surface area contributed by atoms with E-state index < -0.39 is 36.3 Å². The number of esters is 1. The highest BCUT2D eigenvalue weighted by molar-refractivity contribution is 7.13. The van der Waals surface area contributed by atoms with Gasteiger partial charge in [-0.05, 0) is 25.5 Å². The van der Waals surface area contributed by atoms with Crippen molar-refractivity contribution in [1.29, 1.82) is 0 Å². The van der Waals surface area contributed by atoms with Crippen molar-refractivity contribution in [2.45, 2.75) is 32.1 Å².